The summed E-state index contributed by atoms with van der Waals surface area (Å²) >= 11 is 0. The first-order chi connectivity index (χ1) is 12.0. The molecule has 0 radical (unpaired) electrons. The van der Waals surface area contributed by atoms with Crippen LogP contribution in [-0.2, 0) is 16.0 Å². The molecule has 1 rings (SSSR count). The van der Waals surface area contributed by atoms with Crippen LogP contribution in [0.4, 0.5) is 0 Å². The molecule has 0 spiro atoms. The first-order valence-corrected chi connectivity index (χ1v) is 9.25. The standard InChI is InChI=1S/C18H30O2.C3H4O2/c1-3-15-20-16(2)11-7-5-4-6-8-12-17-13-9-10-14-18(17)19;1-2-3(4)5/h9-10,13-14,16,19H,3-8,11-12,15H2,1-2H3;2H,1H2,(H,4,5). The Labute approximate surface area is 152 Å². The van der Waals surface area contributed by atoms with Crippen molar-refractivity contribution in [1.82, 2.24) is 0 Å². The van der Waals surface area contributed by atoms with Crippen LogP contribution in [0.25, 0.3) is 0 Å². The number of ether oxygens (including phenoxy) is 1. The second-order valence-corrected chi connectivity index (χ2v) is 6.16. The van der Waals surface area contributed by atoms with Crippen molar-refractivity contribution in [3.05, 3.63) is 42.5 Å². The number of aryl methyl sites for hydroxylation is 1. The van der Waals surface area contributed by atoms with E-state index >= 15 is 0 Å². The maximum Gasteiger partial charge on any atom is 0.327 e. The molecule has 0 aliphatic carbocycles. The molecule has 4 heteroatoms. The lowest BCUT2D eigenvalue weighted by Gasteiger charge is -2.11. The fourth-order valence-electron chi connectivity index (χ4n) is 2.40. The number of aromatic hydroxyl groups is 1. The third-order valence-electron chi connectivity index (χ3n) is 3.83. The van der Waals surface area contributed by atoms with Gasteiger partial charge in [-0.05, 0) is 44.2 Å². The van der Waals surface area contributed by atoms with Crippen LogP contribution >= 0.6 is 0 Å². The minimum Gasteiger partial charge on any atom is -0.508 e. The van der Waals surface area contributed by atoms with Gasteiger partial charge in [0.25, 0.3) is 0 Å². The van der Waals surface area contributed by atoms with Gasteiger partial charge in [0.2, 0.25) is 0 Å². The zero-order chi connectivity index (χ0) is 18.9. The molecule has 0 fully saturated rings. The summed E-state index contributed by atoms with van der Waals surface area (Å²) in [5, 5.41) is 17.3. The Balaban J connectivity index is 0.00000101. The van der Waals surface area contributed by atoms with Gasteiger partial charge < -0.3 is 14.9 Å². The van der Waals surface area contributed by atoms with Gasteiger partial charge >= 0.3 is 5.97 Å². The average Bonchev–Trinajstić information content (AvgIpc) is 2.61. The summed E-state index contributed by atoms with van der Waals surface area (Å²) in [6.45, 7) is 8.18. The van der Waals surface area contributed by atoms with Crippen molar-refractivity contribution >= 4 is 5.97 Å². The Morgan fingerprint density at radius 3 is 2.40 bits per heavy atom. The lowest BCUT2D eigenvalue weighted by Crippen LogP contribution is -2.08. The van der Waals surface area contributed by atoms with Gasteiger partial charge in [0.15, 0.2) is 0 Å². The summed E-state index contributed by atoms with van der Waals surface area (Å²) in [7, 11) is 0. The lowest BCUT2D eigenvalue weighted by atomic mass is 10.0. The number of benzene rings is 1. The number of carbonyl (C=O) groups is 1. The minimum atomic E-state index is -0.981. The Bertz CT molecular complexity index is 471. The van der Waals surface area contributed by atoms with E-state index < -0.39 is 5.97 Å². The molecule has 0 heterocycles. The van der Waals surface area contributed by atoms with Crippen molar-refractivity contribution in [2.45, 2.75) is 71.3 Å². The Morgan fingerprint density at radius 1 is 1.20 bits per heavy atom. The van der Waals surface area contributed by atoms with E-state index in [0.29, 0.717) is 11.9 Å². The molecule has 0 saturated carbocycles. The van der Waals surface area contributed by atoms with Gasteiger partial charge in [-0.25, -0.2) is 4.79 Å². The van der Waals surface area contributed by atoms with Crippen LogP contribution in [-0.4, -0.2) is 28.9 Å². The second kappa shape index (κ2) is 15.7. The number of phenolic OH excluding ortho intramolecular Hbond substituents is 1. The summed E-state index contributed by atoms with van der Waals surface area (Å²) in [6, 6.07) is 7.66. The first-order valence-electron chi connectivity index (χ1n) is 9.25. The first kappa shape index (κ1) is 23.2. The average molecular weight is 350 g/mol. The second-order valence-electron chi connectivity index (χ2n) is 6.16. The van der Waals surface area contributed by atoms with Crippen molar-refractivity contribution in [3.63, 3.8) is 0 Å². The minimum absolute atomic E-state index is 0.413. The van der Waals surface area contributed by atoms with Gasteiger partial charge in [0.05, 0.1) is 6.10 Å². The molecule has 0 aliphatic rings. The molecular formula is C21H34O4. The Morgan fingerprint density at radius 2 is 1.80 bits per heavy atom. The summed E-state index contributed by atoms with van der Waals surface area (Å²) in [5.74, 6) is -0.542. The molecule has 2 N–H and O–H groups in total. The predicted octanol–water partition coefficient (Wildman–Crippen LogP) is 5.35. The van der Waals surface area contributed by atoms with Gasteiger partial charge in [-0.1, -0.05) is 57.4 Å². The van der Waals surface area contributed by atoms with Crippen LogP contribution < -0.4 is 0 Å². The fourth-order valence-corrected chi connectivity index (χ4v) is 2.40. The molecule has 0 aromatic heterocycles. The fraction of sp³-hybridized carbons (Fsp3) is 0.571. The van der Waals surface area contributed by atoms with E-state index in [1.54, 1.807) is 6.07 Å². The molecule has 1 aromatic rings. The van der Waals surface area contributed by atoms with E-state index in [1.807, 2.05) is 18.2 Å². The van der Waals surface area contributed by atoms with E-state index in [4.69, 9.17) is 9.84 Å². The third-order valence-corrected chi connectivity index (χ3v) is 3.83. The van der Waals surface area contributed by atoms with Crippen LogP contribution in [0.3, 0.4) is 0 Å². The third kappa shape index (κ3) is 14.3. The highest BCUT2D eigenvalue weighted by Gasteiger charge is 2.02. The van der Waals surface area contributed by atoms with Gasteiger partial charge in [-0.15, -0.1) is 0 Å². The zero-order valence-electron chi connectivity index (χ0n) is 15.7. The highest BCUT2D eigenvalue weighted by Crippen LogP contribution is 2.19. The number of para-hydroxylation sites is 1. The van der Waals surface area contributed by atoms with Crippen LogP contribution in [0.5, 0.6) is 5.75 Å². The lowest BCUT2D eigenvalue weighted by molar-refractivity contribution is -0.131. The van der Waals surface area contributed by atoms with Gasteiger partial charge in [-0.2, -0.15) is 0 Å². The topological polar surface area (TPSA) is 66.8 Å². The van der Waals surface area contributed by atoms with E-state index in [-0.39, 0.29) is 0 Å². The van der Waals surface area contributed by atoms with Gasteiger partial charge in [0.1, 0.15) is 5.75 Å². The smallest absolute Gasteiger partial charge is 0.327 e. The summed E-state index contributed by atoms with van der Waals surface area (Å²) in [5.41, 5.74) is 1.08. The van der Waals surface area contributed by atoms with E-state index in [1.165, 1.54) is 38.5 Å². The number of phenols is 1. The van der Waals surface area contributed by atoms with Crippen molar-refractivity contribution in [2.24, 2.45) is 0 Å². The number of hydrogen-bond donors (Lipinski definition) is 2. The van der Waals surface area contributed by atoms with Crippen LogP contribution in [0.15, 0.2) is 36.9 Å². The maximum absolute atomic E-state index is 9.67. The number of unbranched alkanes of at least 4 members (excludes halogenated alkanes) is 4. The van der Waals surface area contributed by atoms with Gasteiger partial charge in [0, 0.05) is 12.7 Å². The van der Waals surface area contributed by atoms with E-state index in [0.717, 1.165) is 31.1 Å². The number of hydrogen-bond acceptors (Lipinski definition) is 3. The molecule has 0 aliphatic heterocycles. The molecule has 25 heavy (non-hydrogen) atoms. The van der Waals surface area contributed by atoms with Crippen molar-refractivity contribution in [1.29, 1.82) is 0 Å². The molecule has 0 amide bonds. The number of rotatable bonds is 12. The molecule has 1 unspecified atom stereocenters. The predicted molar refractivity (Wildman–Crippen MR) is 103 cm³/mol. The van der Waals surface area contributed by atoms with Crippen molar-refractivity contribution in [2.75, 3.05) is 6.61 Å². The number of aliphatic carboxylic acids is 1. The normalized spacial score (nSPS) is 11.3. The molecule has 142 valence electrons. The number of carboxylic acid groups (broad SMARTS) is 1. The molecular weight excluding hydrogens is 316 g/mol. The highest BCUT2D eigenvalue weighted by molar-refractivity contribution is 5.78. The maximum atomic E-state index is 9.67. The summed E-state index contributed by atoms with van der Waals surface area (Å²) in [6.07, 6.45) is 10.8. The quantitative estimate of drug-likeness (QED) is 0.394. The van der Waals surface area contributed by atoms with Gasteiger partial charge in [-0.3, -0.25) is 0 Å². The zero-order valence-corrected chi connectivity index (χ0v) is 15.7. The van der Waals surface area contributed by atoms with Crippen LogP contribution in [0.1, 0.15) is 64.4 Å². The molecule has 1 aromatic carbocycles. The summed E-state index contributed by atoms with van der Waals surface area (Å²) < 4.78 is 5.66. The van der Waals surface area contributed by atoms with E-state index in [2.05, 4.69) is 20.4 Å². The van der Waals surface area contributed by atoms with Crippen molar-refractivity contribution in [3.8, 4) is 5.75 Å². The summed E-state index contributed by atoms with van der Waals surface area (Å²) in [4.78, 5) is 9.25. The van der Waals surface area contributed by atoms with Crippen LogP contribution in [0.2, 0.25) is 0 Å². The Kier molecular flexibility index (Phi) is 14.6. The largest absolute Gasteiger partial charge is 0.508 e. The molecule has 0 bridgehead atoms. The molecule has 4 nitrogen and oxygen atoms in total. The van der Waals surface area contributed by atoms with E-state index in [9.17, 15) is 9.90 Å². The van der Waals surface area contributed by atoms with Crippen molar-refractivity contribution < 1.29 is 19.7 Å². The Hall–Kier alpha value is -1.81. The molecule has 1 atom stereocenters. The van der Waals surface area contributed by atoms with Crippen LogP contribution in [0, 0.1) is 0 Å². The number of carboxylic acids is 1. The SMILES string of the molecule is C=CC(=O)O.CCCOC(C)CCCCCCCc1ccccc1O. The molecule has 0 saturated heterocycles. The monoisotopic (exact) mass is 350 g/mol. The highest BCUT2D eigenvalue weighted by atomic mass is 16.5.